The van der Waals surface area contributed by atoms with Crippen molar-refractivity contribution in [3.05, 3.63) is 58.2 Å². The predicted octanol–water partition coefficient (Wildman–Crippen LogP) is 7.15. The van der Waals surface area contributed by atoms with Gasteiger partial charge in [0.25, 0.3) is 0 Å². The zero-order valence-corrected chi connectivity index (χ0v) is 24.4. The quantitative estimate of drug-likeness (QED) is 0.367. The molecule has 1 aromatic heterocycles. The van der Waals surface area contributed by atoms with Crippen molar-refractivity contribution in [3.8, 4) is 5.75 Å². The lowest BCUT2D eigenvalue weighted by atomic mass is 9.78. The molecular formula is C29H45BrN2O2. The van der Waals surface area contributed by atoms with Crippen LogP contribution in [0.4, 0.5) is 0 Å². The molecule has 0 radical (unpaired) electrons. The zero-order valence-electron chi connectivity index (χ0n) is 22.7. The van der Waals surface area contributed by atoms with Gasteiger partial charge in [-0.3, -0.25) is 9.79 Å². The summed E-state index contributed by atoms with van der Waals surface area (Å²) in [5, 5.41) is 11.0. The Morgan fingerprint density at radius 3 is 2.00 bits per heavy atom. The summed E-state index contributed by atoms with van der Waals surface area (Å²) in [4.78, 5) is 18.0. The number of carbonyl (C=O) groups excluding carboxylic acids is 1. The Balaban J connectivity index is 0.00000578. The summed E-state index contributed by atoms with van der Waals surface area (Å²) in [5.74, 6) is 1.04. The first-order valence-electron chi connectivity index (χ1n) is 12.4. The molecule has 1 N–H and O–H groups in total. The molecule has 2 aromatic rings. The molecule has 0 bridgehead atoms. The van der Waals surface area contributed by atoms with Crippen LogP contribution in [-0.2, 0) is 23.8 Å². The predicted molar refractivity (Wildman–Crippen MR) is 148 cm³/mol. The zero-order chi connectivity index (χ0) is 25.0. The van der Waals surface area contributed by atoms with E-state index in [1.807, 2.05) is 29.0 Å². The molecule has 1 heterocycles. The average Bonchev–Trinajstić information content (AvgIpc) is 2.73. The summed E-state index contributed by atoms with van der Waals surface area (Å²) in [6.07, 6.45) is 6.42. The highest BCUT2D eigenvalue weighted by molar-refractivity contribution is 8.93. The second kappa shape index (κ2) is 12.2. The minimum Gasteiger partial charge on any atom is -0.507 e. The lowest BCUT2D eigenvalue weighted by Crippen LogP contribution is -2.28. The minimum atomic E-state index is -0.271. The van der Waals surface area contributed by atoms with Crippen molar-refractivity contribution < 1.29 is 9.90 Å². The van der Waals surface area contributed by atoms with Gasteiger partial charge in [-0.15, -0.1) is 17.0 Å². The summed E-state index contributed by atoms with van der Waals surface area (Å²) in [6, 6.07) is 7.88. The molecule has 0 fully saturated rings. The maximum atomic E-state index is 13.5. The van der Waals surface area contributed by atoms with Gasteiger partial charge < -0.3 is 9.67 Å². The Morgan fingerprint density at radius 2 is 1.56 bits per heavy atom. The van der Waals surface area contributed by atoms with Gasteiger partial charge in [0.15, 0.2) is 5.78 Å². The number of nitrogens with zero attached hydrogens (tertiary/aromatic N) is 2. The van der Waals surface area contributed by atoms with Crippen LogP contribution in [0.15, 0.2) is 35.5 Å². The number of aryl methyl sites for hydroxylation is 1. The molecule has 0 unspecified atom stereocenters. The van der Waals surface area contributed by atoms with Crippen LogP contribution < -0.4 is 5.49 Å². The minimum absolute atomic E-state index is 0. The Kier molecular flexibility index (Phi) is 10.8. The van der Waals surface area contributed by atoms with Gasteiger partial charge in [0.2, 0.25) is 0 Å². The third-order valence-electron chi connectivity index (χ3n) is 6.67. The van der Waals surface area contributed by atoms with Crippen molar-refractivity contribution >= 4 is 22.8 Å². The Hall–Kier alpha value is -1.88. The van der Waals surface area contributed by atoms with Crippen molar-refractivity contribution in [3.63, 3.8) is 0 Å². The van der Waals surface area contributed by atoms with Gasteiger partial charge in [-0.1, -0.05) is 74.3 Å². The molecule has 0 atom stereocenters. The normalized spacial score (nSPS) is 12.7. The molecule has 2 rings (SSSR count). The van der Waals surface area contributed by atoms with Crippen LogP contribution in [0.25, 0.3) is 0 Å². The van der Waals surface area contributed by atoms with E-state index in [1.54, 1.807) is 7.05 Å². The number of phenols is 1. The summed E-state index contributed by atoms with van der Waals surface area (Å²) in [5.41, 5.74) is 3.78. The third kappa shape index (κ3) is 7.31. The van der Waals surface area contributed by atoms with Gasteiger partial charge in [-0.05, 0) is 53.4 Å². The summed E-state index contributed by atoms with van der Waals surface area (Å²) in [6.45, 7) is 17.1. The van der Waals surface area contributed by atoms with E-state index >= 15 is 0 Å². The maximum Gasteiger partial charge on any atom is 0.182 e. The van der Waals surface area contributed by atoms with E-state index in [2.05, 4.69) is 66.4 Å². The third-order valence-corrected chi connectivity index (χ3v) is 6.67. The lowest BCUT2D eigenvalue weighted by molar-refractivity contribution is 0.0970. The van der Waals surface area contributed by atoms with Gasteiger partial charge in [0.1, 0.15) is 11.2 Å². The summed E-state index contributed by atoms with van der Waals surface area (Å²) >= 11 is 0. The average molecular weight is 534 g/mol. The van der Waals surface area contributed by atoms with Gasteiger partial charge in [-0.2, -0.15) is 0 Å². The molecule has 1 aromatic carbocycles. The fourth-order valence-corrected chi connectivity index (χ4v) is 4.43. The summed E-state index contributed by atoms with van der Waals surface area (Å²) in [7, 11) is 1.80. The van der Waals surface area contributed by atoms with E-state index in [-0.39, 0.29) is 40.1 Å². The fourth-order valence-electron chi connectivity index (χ4n) is 4.43. The molecule has 0 spiro atoms. The van der Waals surface area contributed by atoms with E-state index in [0.29, 0.717) is 17.2 Å². The topological polar surface area (TPSA) is 54.6 Å². The number of aromatic nitrogens is 1. The van der Waals surface area contributed by atoms with E-state index < -0.39 is 0 Å². The fraction of sp³-hybridized carbons (Fsp3) is 0.586. The van der Waals surface area contributed by atoms with Crippen molar-refractivity contribution in [1.29, 1.82) is 0 Å². The van der Waals surface area contributed by atoms with Crippen molar-refractivity contribution in [2.24, 2.45) is 10.9 Å². The van der Waals surface area contributed by atoms with Crippen LogP contribution in [0.2, 0.25) is 0 Å². The molecule has 0 saturated heterocycles. The number of hydrogen-bond donors (Lipinski definition) is 1. The van der Waals surface area contributed by atoms with Crippen LogP contribution in [-0.4, -0.2) is 22.5 Å². The van der Waals surface area contributed by atoms with E-state index in [1.165, 1.54) is 18.4 Å². The Labute approximate surface area is 217 Å². The number of rotatable bonds is 8. The number of pyridine rings is 1. The first-order chi connectivity index (χ1) is 15.3. The molecule has 34 heavy (non-hydrogen) atoms. The number of hydrogen-bond acceptors (Lipinski definition) is 3. The maximum absolute atomic E-state index is 13.5. The second-order valence-electron chi connectivity index (χ2n) is 11.3. The Bertz CT molecular complexity index is 1000. The molecule has 5 heteroatoms. The number of halogens is 1. The molecule has 0 aliphatic heterocycles. The molecular weight excluding hydrogens is 488 g/mol. The SMILES string of the molecule is Br.CCC(CC)CCc1cccn(CC(=O)c2cc(C(C)(C)C)c(O)c(C(C)(C)C)c2)c1=NC. The lowest BCUT2D eigenvalue weighted by Gasteiger charge is -2.28. The van der Waals surface area contributed by atoms with Crippen molar-refractivity contribution in [1.82, 2.24) is 4.57 Å². The second-order valence-corrected chi connectivity index (χ2v) is 11.3. The molecule has 0 aliphatic carbocycles. The standard InChI is InChI=1S/C29H44N2O2.BrH/c1-10-20(11-2)14-15-21-13-12-16-31(27(21)30-9)19-25(32)22-17-23(28(3,4)5)26(33)24(18-22)29(6,7)8;/h12-13,16-18,20,33H,10-11,14-15,19H2,1-9H3;1H. The first-order valence-corrected chi connectivity index (χ1v) is 12.4. The van der Waals surface area contributed by atoms with E-state index in [4.69, 9.17) is 0 Å². The number of ketones is 1. The smallest absolute Gasteiger partial charge is 0.182 e. The monoisotopic (exact) mass is 532 g/mol. The highest BCUT2D eigenvalue weighted by Crippen LogP contribution is 2.39. The highest BCUT2D eigenvalue weighted by atomic mass is 79.9. The van der Waals surface area contributed by atoms with Crippen LogP contribution in [0.1, 0.15) is 102 Å². The van der Waals surface area contributed by atoms with Crippen molar-refractivity contribution in [2.75, 3.05) is 7.05 Å². The van der Waals surface area contributed by atoms with Crippen LogP contribution in [0.3, 0.4) is 0 Å². The number of Topliss-reactive ketones (excluding diaryl/α,β-unsaturated/α-hetero) is 1. The van der Waals surface area contributed by atoms with Crippen LogP contribution >= 0.6 is 17.0 Å². The van der Waals surface area contributed by atoms with Crippen LogP contribution in [0.5, 0.6) is 5.75 Å². The van der Waals surface area contributed by atoms with Gasteiger partial charge in [-0.25, -0.2) is 0 Å². The summed E-state index contributed by atoms with van der Waals surface area (Å²) < 4.78 is 1.96. The number of aromatic hydroxyl groups is 1. The largest absolute Gasteiger partial charge is 0.507 e. The van der Waals surface area contributed by atoms with Gasteiger partial charge >= 0.3 is 0 Å². The molecule has 190 valence electrons. The Morgan fingerprint density at radius 1 is 1.03 bits per heavy atom. The number of carbonyl (C=O) groups is 1. The molecule has 0 amide bonds. The van der Waals surface area contributed by atoms with E-state index in [9.17, 15) is 9.90 Å². The van der Waals surface area contributed by atoms with E-state index in [0.717, 1.165) is 29.5 Å². The van der Waals surface area contributed by atoms with Crippen molar-refractivity contribution in [2.45, 2.75) is 98.4 Å². The van der Waals surface area contributed by atoms with Gasteiger partial charge in [0, 0.05) is 29.9 Å². The number of phenolic OH excluding ortho intramolecular Hbond substituents is 1. The first kappa shape index (κ1) is 30.2. The molecule has 0 saturated carbocycles. The van der Waals surface area contributed by atoms with Gasteiger partial charge in [0.05, 0.1) is 6.54 Å². The highest BCUT2D eigenvalue weighted by Gasteiger charge is 2.27. The van der Waals surface area contributed by atoms with Crippen LogP contribution in [0, 0.1) is 5.92 Å². The molecule has 0 aliphatic rings. The molecule has 4 nitrogen and oxygen atoms in total. The number of benzene rings is 1.